The molecule has 1 aromatic heterocycles. The summed E-state index contributed by atoms with van der Waals surface area (Å²) in [7, 11) is 0. The highest BCUT2D eigenvalue weighted by atomic mass is 32.1. The SMILES string of the molecule is CCCC[C@H](OCc1ccc(C(=O)N[C@@H](CCC)C(=O)O)c(-c2ccccc2C)c1)c1ccc(-c2ccccc2)s1. The molecule has 0 saturated heterocycles. The van der Waals surface area contributed by atoms with Gasteiger partial charge in [0.15, 0.2) is 0 Å². The third-order valence-electron chi connectivity index (χ3n) is 7.22. The molecule has 0 spiro atoms. The van der Waals surface area contributed by atoms with Gasteiger partial charge in [0.2, 0.25) is 0 Å². The zero-order chi connectivity index (χ0) is 29.2. The number of aliphatic carboxylic acids is 1. The Kier molecular flexibility index (Phi) is 10.9. The maximum absolute atomic E-state index is 13.3. The summed E-state index contributed by atoms with van der Waals surface area (Å²) in [6.07, 6.45) is 4.11. The van der Waals surface area contributed by atoms with E-state index in [0.717, 1.165) is 41.5 Å². The van der Waals surface area contributed by atoms with Crippen LogP contribution >= 0.6 is 11.3 Å². The highest BCUT2D eigenvalue weighted by Crippen LogP contribution is 2.36. The zero-order valence-corrected chi connectivity index (χ0v) is 24.9. The Morgan fingerprint density at radius 3 is 2.34 bits per heavy atom. The molecule has 0 radical (unpaired) electrons. The molecule has 0 aliphatic carbocycles. The standard InChI is InChI=1S/C35H39NO4S/c1-4-6-17-31(33-21-20-32(41-33)26-14-8-7-9-15-26)40-23-25-18-19-28(34(37)36-30(12-5-2)35(38)39)29(22-25)27-16-11-10-13-24(27)3/h7-11,13-16,18-22,30-31H,4-6,12,17,23H2,1-3H3,(H,36,37)(H,38,39)/t30-,31-/m0/s1. The molecule has 4 rings (SSSR count). The van der Waals surface area contributed by atoms with Crippen molar-refractivity contribution in [3.05, 3.63) is 106 Å². The van der Waals surface area contributed by atoms with E-state index in [0.29, 0.717) is 25.0 Å². The maximum atomic E-state index is 13.3. The fourth-order valence-electron chi connectivity index (χ4n) is 4.94. The molecule has 0 aliphatic heterocycles. The van der Waals surface area contributed by atoms with Gasteiger partial charge in [-0.05, 0) is 71.8 Å². The lowest BCUT2D eigenvalue weighted by atomic mass is 9.93. The lowest BCUT2D eigenvalue weighted by molar-refractivity contribution is -0.139. The number of thiophene rings is 1. The number of carboxylic acid groups (broad SMARTS) is 1. The predicted octanol–water partition coefficient (Wildman–Crippen LogP) is 8.82. The Labute approximate surface area is 247 Å². The van der Waals surface area contributed by atoms with Crippen molar-refractivity contribution < 1.29 is 19.4 Å². The molecule has 4 aromatic rings. The number of carbonyl (C=O) groups excluding carboxylic acids is 1. The van der Waals surface area contributed by atoms with E-state index in [1.165, 1.54) is 15.3 Å². The number of benzene rings is 3. The smallest absolute Gasteiger partial charge is 0.326 e. The number of rotatable bonds is 14. The number of carbonyl (C=O) groups is 2. The Hall–Kier alpha value is -3.74. The first-order valence-electron chi connectivity index (χ1n) is 14.4. The van der Waals surface area contributed by atoms with Crippen LogP contribution in [0.15, 0.2) is 84.9 Å². The van der Waals surface area contributed by atoms with Crippen LogP contribution in [0.1, 0.15) is 78.4 Å². The number of hydrogen-bond donors (Lipinski definition) is 2. The fourth-order valence-corrected chi connectivity index (χ4v) is 6.03. The number of unbranched alkanes of at least 4 members (excludes halogenated alkanes) is 1. The molecule has 6 heteroatoms. The molecule has 3 aromatic carbocycles. The number of aryl methyl sites for hydroxylation is 1. The highest BCUT2D eigenvalue weighted by Gasteiger charge is 2.23. The molecule has 5 nitrogen and oxygen atoms in total. The van der Waals surface area contributed by atoms with E-state index < -0.39 is 12.0 Å². The summed E-state index contributed by atoms with van der Waals surface area (Å²) in [5, 5.41) is 12.3. The van der Waals surface area contributed by atoms with Crippen molar-refractivity contribution in [3.8, 4) is 21.6 Å². The van der Waals surface area contributed by atoms with E-state index >= 15 is 0 Å². The summed E-state index contributed by atoms with van der Waals surface area (Å²) < 4.78 is 6.55. The topological polar surface area (TPSA) is 75.6 Å². The third-order valence-corrected chi connectivity index (χ3v) is 8.44. The van der Waals surface area contributed by atoms with Crippen LogP contribution in [0.5, 0.6) is 0 Å². The average Bonchev–Trinajstić information content (AvgIpc) is 3.48. The second-order valence-electron chi connectivity index (χ2n) is 10.4. The highest BCUT2D eigenvalue weighted by molar-refractivity contribution is 7.15. The maximum Gasteiger partial charge on any atom is 0.326 e. The predicted molar refractivity (Wildman–Crippen MR) is 167 cm³/mol. The quantitative estimate of drug-likeness (QED) is 0.159. The van der Waals surface area contributed by atoms with Crippen LogP contribution in [0, 0.1) is 6.92 Å². The number of hydrogen-bond acceptors (Lipinski definition) is 4. The normalized spacial score (nSPS) is 12.6. The lowest BCUT2D eigenvalue weighted by Crippen LogP contribution is -2.40. The van der Waals surface area contributed by atoms with Gasteiger partial charge in [0.25, 0.3) is 5.91 Å². The van der Waals surface area contributed by atoms with Crippen molar-refractivity contribution in [2.75, 3.05) is 0 Å². The van der Waals surface area contributed by atoms with Crippen LogP contribution < -0.4 is 5.32 Å². The largest absolute Gasteiger partial charge is 0.480 e. The minimum Gasteiger partial charge on any atom is -0.480 e. The van der Waals surface area contributed by atoms with Gasteiger partial charge >= 0.3 is 5.97 Å². The molecule has 0 aliphatic rings. The molecular formula is C35H39NO4S. The van der Waals surface area contributed by atoms with Crippen molar-refractivity contribution in [3.63, 3.8) is 0 Å². The molecule has 2 N–H and O–H groups in total. The fraction of sp³-hybridized carbons (Fsp3) is 0.314. The molecule has 214 valence electrons. The van der Waals surface area contributed by atoms with Crippen LogP contribution in [-0.2, 0) is 16.1 Å². The van der Waals surface area contributed by atoms with Gasteiger partial charge in [-0.2, -0.15) is 0 Å². The van der Waals surface area contributed by atoms with Crippen LogP contribution in [-0.4, -0.2) is 23.0 Å². The van der Waals surface area contributed by atoms with E-state index in [2.05, 4.69) is 48.6 Å². The molecule has 1 amide bonds. The first kappa shape index (κ1) is 30.2. The first-order chi connectivity index (χ1) is 19.9. The second-order valence-corrected chi connectivity index (χ2v) is 11.5. The van der Waals surface area contributed by atoms with Crippen LogP contribution in [0.4, 0.5) is 0 Å². The summed E-state index contributed by atoms with van der Waals surface area (Å²) in [4.78, 5) is 27.5. The van der Waals surface area contributed by atoms with Gasteiger partial charge in [-0.25, -0.2) is 4.79 Å². The molecule has 0 fully saturated rings. The monoisotopic (exact) mass is 569 g/mol. The van der Waals surface area contributed by atoms with E-state index in [1.807, 2.05) is 56.3 Å². The number of amides is 1. The van der Waals surface area contributed by atoms with Crippen molar-refractivity contribution in [2.45, 2.75) is 71.6 Å². The second kappa shape index (κ2) is 14.8. The van der Waals surface area contributed by atoms with Crippen molar-refractivity contribution in [2.24, 2.45) is 0 Å². The summed E-state index contributed by atoms with van der Waals surface area (Å²) in [6.45, 7) is 6.51. The molecule has 41 heavy (non-hydrogen) atoms. The van der Waals surface area contributed by atoms with Crippen LogP contribution in [0.3, 0.4) is 0 Å². The third kappa shape index (κ3) is 7.93. The Bertz CT molecular complexity index is 1450. The summed E-state index contributed by atoms with van der Waals surface area (Å²) in [6, 6.07) is 27.5. The average molecular weight is 570 g/mol. The van der Waals surface area contributed by atoms with E-state index in [4.69, 9.17) is 4.74 Å². The zero-order valence-electron chi connectivity index (χ0n) is 24.1. The molecule has 2 atom stereocenters. The Morgan fingerprint density at radius 1 is 0.878 bits per heavy atom. The summed E-state index contributed by atoms with van der Waals surface area (Å²) in [5.74, 6) is -1.41. The first-order valence-corrected chi connectivity index (χ1v) is 15.2. The Balaban J connectivity index is 1.60. The summed E-state index contributed by atoms with van der Waals surface area (Å²) in [5.41, 5.74) is 5.38. The minimum atomic E-state index is -1.02. The van der Waals surface area contributed by atoms with Gasteiger partial charge in [0, 0.05) is 15.3 Å². The number of nitrogens with one attached hydrogen (secondary N) is 1. The van der Waals surface area contributed by atoms with Crippen LogP contribution in [0.2, 0.25) is 0 Å². The van der Waals surface area contributed by atoms with Gasteiger partial charge in [0.05, 0.1) is 12.7 Å². The molecular weight excluding hydrogens is 530 g/mol. The van der Waals surface area contributed by atoms with Gasteiger partial charge in [-0.15, -0.1) is 11.3 Å². The number of carboxylic acids is 1. The van der Waals surface area contributed by atoms with Gasteiger partial charge in [-0.3, -0.25) is 4.79 Å². The van der Waals surface area contributed by atoms with Crippen molar-refractivity contribution >= 4 is 23.2 Å². The van der Waals surface area contributed by atoms with Gasteiger partial charge in [-0.1, -0.05) is 93.8 Å². The van der Waals surface area contributed by atoms with E-state index in [-0.39, 0.29) is 12.0 Å². The summed E-state index contributed by atoms with van der Waals surface area (Å²) >= 11 is 1.77. The lowest BCUT2D eigenvalue weighted by Gasteiger charge is -2.19. The number of ether oxygens (including phenoxy) is 1. The van der Waals surface area contributed by atoms with Gasteiger partial charge < -0.3 is 15.2 Å². The van der Waals surface area contributed by atoms with Crippen LogP contribution in [0.25, 0.3) is 21.6 Å². The van der Waals surface area contributed by atoms with Gasteiger partial charge in [0.1, 0.15) is 6.04 Å². The van der Waals surface area contributed by atoms with E-state index in [9.17, 15) is 14.7 Å². The minimum absolute atomic E-state index is 0.0207. The molecule has 0 unspecified atom stereocenters. The molecule has 1 heterocycles. The van der Waals surface area contributed by atoms with Crippen molar-refractivity contribution in [1.82, 2.24) is 5.32 Å². The molecule has 0 bridgehead atoms. The molecule has 0 saturated carbocycles. The Morgan fingerprint density at radius 2 is 1.63 bits per heavy atom. The van der Waals surface area contributed by atoms with Crippen molar-refractivity contribution in [1.29, 1.82) is 0 Å². The van der Waals surface area contributed by atoms with E-state index in [1.54, 1.807) is 17.4 Å².